The summed E-state index contributed by atoms with van der Waals surface area (Å²) in [5, 5.41) is 0. The number of nitrogens with zero attached hydrogens (tertiary/aromatic N) is 2. The third kappa shape index (κ3) is 2.43. The molecule has 2 heterocycles. The second kappa shape index (κ2) is 7.18. The van der Waals surface area contributed by atoms with Crippen LogP contribution in [0.15, 0.2) is 66.1 Å². The maximum atomic E-state index is 14.1. The third-order valence-electron chi connectivity index (χ3n) is 7.76. The van der Waals surface area contributed by atoms with Crippen molar-refractivity contribution in [2.24, 2.45) is 5.92 Å². The maximum Gasteiger partial charge on any atom is 0.415 e. The lowest BCUT2D eigenvalue weighted by Crippen LogP contribution is -2.68. The molecule has 3 aliphatic rings. The minimum absolute atomic E-state index is 0.0465. The molecule has 5 rings (SSSR count). The van der Waals surface area contributed by atoms with Gasteiger partial charge in [0.25, 0.3) is 0 Å². The molecule has 1 unspecified atom stereocenters. The molecule has 3 atom stereocenters. The largest absolute Gasteiger partial charge is 0.452 e. The van der Waals surface area contributed by atoms with E-state index in [1.165, 1.54) is 7.11 Å². The molecule has 1 amide bonds. The Morgan fingerprint density at radius 1 is 1.16 bits per heavy atom. The Labute approximate surface area is 189 Å². The zero-order chi connectivity index (χ0) is 22.7. The van der Waals surface area contributed by atoms with Crippen molar-refractivity contribution in [1.82, 2.24) is 4.31 Å². The fourth-order valence-electron chi connectivity index (χ4n) is 6.56. The van der Waals surface area contributed by atoms with Gasteiger partial charge >= 0.3 is 6.09 Å². The van der Waals surface area contributed by atoms with Crippen LogP contribution in [0, 0.1) is 12.8 Å². The van der Waals surface area contributed by atoms with E-state index in [1.807, 2.05) is 49.4 Å². The standard InChI is InChI=1S/C25H28N2O4S/c1-4-19-8-7-15-25-24(19,21-9-5-6-10-22(21)27(25)23(28)31-3)16-17-26(25)32(29,30)20-13-11-18(2)12-14-20/h4-6,9-14,19H,1,7-8,15-17H2,2-3H3/t19?,24-,25-/m1/s1. The van der Waals surface area contributed by atoms with Gasteiger partial charge in [-0.3, -0.25) is 4.90 Å². The van der Waals surface area contributed by atoms with Crippen molar-refractivity contribution in [3.05, 3.63) is 72.3 Å². The molecule has 168 valence electrons. The number of hydrogen-bond donors (Lipinski definition) is 0. The van der Waals surface area contributed by atoms with Gasteiger partial charge in [-0.05, 0) is 62.3 Å². The fourth-order valence-corrected chi connectivity index (χ4v) is 8.36. The number of methoxy groups -OCH3 is 1. The van der Waals surface area contributed by atoms with Crippen molar-refractivity contribution in [3.8, 4) is 0 Å². The maximum absolute atomic E-state index is 14.1. The second-order valence-corrected chi connectivity index (χ2v) is 10.8. The van der Waals surface area contributed by atoms with Crippen molar-refractivity contribution in [2.75, 3.05) is 18.6 Å². The molecule has 2 aromatic carbocycles. The first-order valence-corrected chi connectivity index (χ1v) is 12.5. The highest BCUT2D eigenvalue weighted by Crippen LogP contribution is 2.67. The van der Waals surface area contributed by atoms with Gasteiger partial charge in [-0.2, -0.15) is 4.31 Å². The molecule has 2 aromatic rings. The number of allylic oxidation sites excluding steroid dienone is 1. The molecule has 32 heavy (non-hydrogen) atoms. The SMILES string of the molecule is C=CC1CCC[C@@]23N(C(=O)OC)c4ccccc4[C@@]12CCN3S(=O)(=O)c1ccc(C)cc1. The van der Waals surface area contributed by atoms with Crippen molar-refractivity contribution in [1.29, 1.82) is 0 Å². The van der Waals surface area contributed by atoms with Crippen LogP contribution in [0.25, 0.3) is 0 Å². The predicted octanol–water partition coefficient (Wildman–Crippen LogP) is 4.60. The molecule has 0 N–H and O–H groups in total. The number of hydrogen-bond acceptors (Lipinski definition) is 4. The smallest absolute Gasteiger partial charge is 0.415 e. The molecular weight excluding hydrogens is 424 g/mol. The number of anilines is 1. The van der Waals surface area contributed by atoms with Crippen molar-refractivity contribution in [3.63, 3.8) is 0 Å². The van der Waals surface area contributed by atoms with E-state index in [0.29, 0.717) is 19.4 Å². The highest BCUT2D eigenvalue weighted by atomic mass is 32.2. The van der Waals surface area contributed by atoms with Crippen molar-refractivity contribution >= 4 is 21.8 Å². The summed E-state index contributed by atoms with van der Waals surface area (Å²) in [7, 11) is -2.52. The number of para-hydroxylation sites is 1. The Kier molecular flexibility index (Phi) is 4.76. The summed E-state index contributed by atoms with van der Waals surface area (Å²) < 4.78 is 34.9. The molecule has 6 nitrogen and oxygen atoms in total. The van der Waals surface area contributed by atoms with Crippen molar-refractivity contribution < 1.29 is 17.9 Å². The number of amides is 1. The number of carbonyl (C=O) groups is 1. The number of benzene rings is 2. The number of aryl methyl sites for hydroxylation is 1. The van der Waals surface area contributed by atoms with Crippen molar-refractivity contribution in [2.45, 2.75) is 48.6 Å². The summed E-state index contributed by atoms with van der Waals surface area (Å²) in [6.45, 7) is 6.38. The second-order valence-electron chi connectivity index (χ2n) is 8.99. The molecule has 0 spiro atoms. The van der Waals surface area contributed by atoms with Crippen LogP contribution in [0.5, 0.6) is 0 Å². The van der Waals surface area contributed by atoms with Gasteiger partial charge in [0.2, 0.25) is 10.0 Å². The molecule has 0 radical (unpaired) electrons. The summed E-state index contributed by atoms with van der Waals surface area (Å²) in [4.78, 5) is 15.1. The lowest BCUT2D eigenvalue weighted by atomic mass is 9.58. The Morgan fingerprint density at radius 2 is 1.88 bits per heavy atom. The quantitative estimate of drug-likeness (QED) is 0.639. The Bertz CT molecular complexity index is 1190. The average molecular weight is 453 g/mol. The predicted molar refractivity (Wildman–Crippen MR) is 123 cm³/mol. The van der Waals surface area contributed by atoms with E-state index in [9.17, 15) is 13.2 Å². The van der Waals surface area contributed by atoms with E-state index >= 15 is 0 Å². The number of ether oxygens (including phenoxy) is 1. The van der Waals surface area contributed by atoms with Crippen LogP contribution in [-0.4, -0.2) is 38.1 Å². The Balaban J connectivity index is 1.80. The molecule has 0 bridgehead atoms. The van der Waals surface area contributed by atoms with Gasteiger partial charge in [-0.25, -0.2) is 13.2 Å². The fraction of sp³-hybridized carbons (Fsp3) is 0.400. The van der Waals surface area contributed by atoms with E-state index in [2.05, 4.69) is 6.58 Å². The van der Waals surface area contributed by atoms with Crippen LogP contribution >= 0.6 is 0 Å². The Hall–Kier alpha value is -2.64. The number of rotatable bonds is 3. The molecule has 1 aliphatic carbocycles. The first-order chi connectivity index (χ1) is 15.3. The minimum Gasteiger partial charge on any atom is -0.452 e. The van der Waals surface area contributed by atoms with Crippen LogP contribution in [-0.2, 0) is 20.2 Å². The molecule has 7 heteroatoms. The molecular formula is C25H28N2O4S. The third-order valence-corrected chi connectivity index (χ3v) is 9.69. The number of carbonyl (C=O) groups excluding carboxylic acids is 1. The van der Waals surface area contributed by atoms with Gasteiger partial charge in [0.1, 0.15) is 5.66 Å². The van der Waals surface area contributed by atoms with E-state index in [-0.39, 0.29) is 10.8 Å². The lowest BCUT2D eigenvalue weighted by Gasteiger charge is -2.54. The monoisotopic (exact) mass is 452 g/mol. The van der Waals surface area contributed by atoms with E-state index in [4.69, 9.17) is 4.74 Å². The minimum atomic E-state index is -3.87. The highest BCUT2D eigenvalue weighted by molar-refractivity contribution is 7.89. The molecule has 1 saturated carbocycles. The average Bonchev–Trinajstić information content (AvgIpc) is 3.28. The van der Waals surface area contributed by atoms with Crippen LogP contribution in [0.1, 0.15) is 36.8 Å². The zero-order valence-corrected chi connectivity index (χ0v) is 19.3. The summed E-state index contributed by atoms with van der Waals surface area (Å²) in [6.07, 6.45) is 4.29. The van der Waals surface area contributed by atoms with Gasteiger partial charge in [-0.15, -0.1) is 6.58 Å². The molecule has 2 aliphatic heterocycles. The first kappa shape index (κ1) is 21.2. The Morgan fingerprint density at radius 3 is 2.56 bits per heavy atom. The van der Waals surface area contributed by atoms with E-state index < -0.39 is 27.2 Å². The van der Waals surface area contributed by atoms with Gasteiger partial charge in [0.05, 0.1) is 17.7 Å². The van der Waals surface area contributed by atoms with Crippen LogP contribution in [0.4, 0.5) is 10.5 Å². The number of fused-ring (bicyclic) bond motifs is 1. The van der Waals surface area contributed by atoms with E-state index in [1.54, 1.807) is 21.3 Å². The number of sulfonamides is 1. The normalized spacial score (nSPS) is 29.2. The molecule has 1 saturated heterocycles. The van der Waals surface area contributed by atoms with Crippen LogP contribution in [0.3, 0.4) is 0 Å². The molecule has 2 fully saturated rings. The van der Waals surface area contributed by atoms with E-state index in [0.717, 1.165) is 29.7 Å². The summed E-state index contributed by atoms with van der Waals surface area (Å²) in [5.41, 5.74) is 1.11. The topological polar surface area (TPSA) is 66.9 Å². The van der Waals surface area contributed by atoms with Gasteiger partial charge in [0, 0.05) is 12.0 Å². The van der Waals surface area contributed by atoms with Gasteiger partial charge in [0.15, 0.2) is 0 Å². The van der Waals surface area contributed by atoms with Gasteiger partial charge < -0.3 is 4.74 Å². The van der Waals surface area contributed by atoms with Crippen LogP contribution in [0.2, 0.25) is 0 Å². The highest BCUT2D eigenvalue weighted by Gasteiger charge is 2.74. The zero-order valence-electron chi connectivity index (χ0n) is 18.5. The first-order valence-electron chi connectivity index (χ1n) is 11.0. The van der Waals surface area contributed by atoms with Gasteiger partial charge in [-0.1, -0.05) is 42.0 Å². The lowest BCUT2D eigenvalue weighted by molar-refractivity contribution is 0.0696. The summed E-state index contributed by atoms with van der Waals surface area (Å²) in [6, 6.07) is 14.7. The molecule has 0 aromatic heterocycles. The van der Waals surface area contributed by atoms with Crippen LogP contribution < -0.4 is 4.90 Å². The summed E-state index contributed by atoms with van der Waals surface area (Å²) in [5.74, 6) is 0.0465. The summed E-state index contributed by atoms with van der Waals surface area (Å²) >= 11 is 0.